The van der Waals surface area contributed by atoms with Gasteiger partial charge < -0.3 is 4.74 Å². The number of aromatic nitrogens is 7. The molecule has 3 aromatic carbocycles. The molecule has 0 spiro atoms. The highest BCUT2D eigenvalue weighted by Crippen LogP contribution is 2.55. The molecule has 8 nitrogen and oxygen atoms in total. The lowest BCUT2D eigenvalue weighted by atomic mass is 9.97. The SMILES string of the molecule is COc1ccc(C2(c3nnc(-c4nn(-c5ccc(Cl)cc5Cl)c(-c5ccc(Cl)cc5)c4Cn4cncn4)s3)CC2)cc1. The van der Waals surface area contributed by atoms with Gasteiger partial charge in [0, 0.05) is 26.6 Å². The van der Waals surface area contributed by atoms with Gasteiger partial charge in [-0.25, -0.2) is 14.3 Å². The second kappa shape index (κ2) is 10.8. The molecule has 7 rings (SSSR count). The molecule has 42 heavy (non-hydrogen) atoms. The minimum atomic E-state index is -0.157. The molecule has 210 valence electrons. The first kappa shape index (κ1) is 27.1. The predicted molar refractivity (Wildman–Crippen MR) is 165 cm³/mol. The number of rotatable bonds is 8. The van der Waals surface area contributed by atoms with Gasteiger partial charge >= 0.3 is 0 Å². The number of hydrogen-bond donors (Lipinski definition) is 0. The summed E-state index contributed by atoms with van der Waals surface area (Å²) >= 11 is 20.8. The number of nitrogens with zero attached hydrogens (tertiary/aromatic N) is 7. The molecule has 1 aliphatic rings. The van der Waals surface area contributed by atoms with Crippen LogP contribution in [0.2, 0.25) is 15.1 Å². The largest absolute Gasteiger partial charge is 0.497 e. The van der Waals surface area contributed by atoms with Gasteiger partial charge in [-0.3, -0.25) is 0 Å². The molecule has 6 aromatic rings. The van der Waals surface area contributed by atoms with Crippen LogP contribution in [0, 0.1) is 0 Å². The van der Waals surface area contributed by atoms with Crippen LogP contribution in [-0.4, -0.2) is 41.9 Å². The van der Waals surface area contributed by atoms with Gasteiger partial charge in [-0.1, -0.05) is 70.4 Å². The first-order valence-electron chi connectivity index (χ1n) is 13.1. The molecule has 3 heterocycles. The topological polar surface area (TPSA) is 83.5 Å². The van der Waals surface area contributed by atoms with Crippen molar-refractivity contribution in [2.75, 3.05) is 7.11 Å². The van der Waals surface area contributed by atoms with Crippen molar-refractivity contribution in [3.63, 3.8) is 0 Å². The van der Waals surface area contributed by atoms with E-state index in [1.165, 1.54) is 11.9 Å². The van der Waals surface area contributed by atoms with Crippen molar-refractivity contribution in [2.24, 2.45) is 0 Å². The van der Waals surface area contributed by atoms with Gasteiger partial charge in [-0.05, 0) is 60.9 Å². The molecule has 0 saturated heterocycles. The van der Waals surface area contributed by atoms with Gasteiger partial charge in [0.15, 0.2) is 5.01 Å². The maximum Gasteiger partial charge on any atom is 0.168 e. The average Bonchev–Trinajstić information content (AvgIpc) is 3.32. The molecule has 1 fully saturated rings. The number of methoxy groups -OCH3 is 1. The van der Waals surface area contributed by atoms with Crippen molar-refractivity contribution in [2.45, 2.75) is 24.8 Å². The first-order chi connectivity index (χ1) is 20.4. The lowest BCUT2D eigenvalue weighted by Crippen LogP contribution is -2.08. The summed E-state index contributed by atoms with van der Waals surface area (Å²) in [6, 6.07) is 21.2. The number of ether oxygens (including phenoxy) is 1. The third kappa shape index (κ3) is 4.86. The summed E-state index contributed by atoms with van der Waals surface area (Å²) in [6.45, 7) is 0.400. The van der Waals surface area contributed by atoms with Crippen molar-refractivity contribution < 1.29 is 4.74 Å². The van der Waals surface area contributed by atoms with Crippen molar-refractivity contribution in [3.05, 3.63) is 111 Å². The molecule has 0 radical (unpaired) electrons. The van der Waals surface area contributed by atoms with Gasteiger partial charge in [-0.2, -0.15) is 10.2 Å². The Labute approximate surface area is 260 Å². The summed E-state index contributed by atoms with van der Waals surface area (Å²) in [4.78, 5) is 4.15. The van der Waals surface area contributed by atoms with Crippen molar-refractivity contribution in [1.29, 1.82) is 0 Å². The van der Waals surface area contributed by atoms with Crippen LogP contribution in [0.15, 0.2) is 79.4 Å². The Bertz CT molecular complexity index is 1880. The third-order valence-electron chi connectivity index (χ3n) is 7.46. The summed E-state index contributed by atoms with van der Waals surface area (Å²) in [5.74, 6) is 0.825. The Balaban J connectivity index is 1.41. The lowest BCUT2D eigenvalue weighted by Gasteiger charge is -2.12. The summed E-state index contributed by atoms with van der Waals surface area (Å²) in [5.41, 5.74) is 5.04. The molecule has 3 aromatic heterocycles. The fourth-order valence-electron chi connectivity index (χ4n) is 5.15. The predicted octanol–water partition coefficient (Wildman–Crippen LogP) is 7.75. The first-order valence-corrected chi connectivity index (χ1v) is 15.0. The van der Waals surface area contributed by atoms with E-state index in [-0.39, 0.29) is 5.41 Å². The van der Waals surface area contributed by atoms with E-state index in [2.05, 4.69) is 27.3 Å². The average molecular weight is 635 g/mol. The molecule has 0 N–H and O–H groups in total. The molecular formula is C30H22Cl3N7OS. The van der Waals surface area contributed by atoms with E-state index >= 15 is 0 Å². The van der Waals surface area contributed by atoms with Crippen LogP contribution >= 0.6 is 46.1 Å². The Morgan fingerprint density at radius 2 is 1.69 bits per heavy atom. The van der Waals surface area contributed by atoms with E-state index < -0.39 is 0 Å². The Kier molecular flexibility index (Phi) is 6.98. The third-order valence-corrected chi connectivity index (χ3v) is 9.38. The molecule has 1 saturated carbocycles. The summed E-state index contributed by atoms with van der Waals surface area (Å²) in [7, 11) is 1.67. The smallest absolute Gasteiger partial charge is 0.168 e. The number of benzene rings is 3. The van der Waals surface area contributed by atoms with Gasteiger partial charge in [0.2, 0.25) is 0 Å². The van der Waals surface area contributed by atoms with Crippen LogP contribution in [0.1, 0.15) is 29.0 Å². The van der Waals surface area contributed by atoms with Gasteiger partial charge in [0.05, 0.1) is 30.1 Å². The van der Waals surface area contributed by atoms with Crippen LogP contribution in [-0.2, 0) is 12.0 Å². The van der Waals surface area contributed by atoms with E-state index in [1.807, 2.05) is 47.1 Å². The highest BCUT2D eigenvalue weighted by atomic mass is 35.5. The maximum absolute atomic E-state index is 6.73. The minimum absolute atomic E-state index is 0.157. The Morgan fingerprint density at radius 1 is 0.929 bits per heavy atom. The second-order valence-corrected chi connectivity index (χ2v) is 12.3. The number of hydrogen-bond acceptors (Lipinski definition) is 7. The van der Waals surface area contributed by atoms with E-state index in [1.54, 1.807) is 41.6 Å². The molecule has 0 unspecified atom stereocenters. The molecule has 0 bridgehead atoms. The van der Waals surface area contributed by atoms with E-state index in [0.717, 1.165) is 40.4 Å². The molecule has 0 aliphatic heterocycles. The molecule has 1 aliphatic carbocycles. The lowest BCUT2D eigenvalue weighted by molar-refractivity contribution is 0.414. The van der Waals surface area contributed by atoms with E-state index in [4.69, 9.17) is 49.7 Å². The highest BCUT2D eigenvalue weighted by Gasteiger charge is 2.49. The zero-order chi connectivity index (χ0) is 28.8. The molecule has 12 heteroatoms. The van der Waals surface area contributed by atoms with Crippen molar-refractivity contribution >= 4 is 46.1 Å². The van der Waals surface area contributed by atoms with Crippen LogP contribution < -0.4 is 4.74 Å². The summed E-state index contributed by atoms with van der Waals surface area (Å²) < 4.78 is 8.96. The fourth-order valence-corrected chi connectivity index (χ4v) is 6.89. The van der Waals surface area contributed by atoms with E-state index in [9.17, 15) is 0 Å². The van der Waals surface area contributed by atoms with Crippen LogP contribution in [0.3, 0.4) is 0 Å². The summed E-state index contributed by atoms with van der Waals surface area (Å²) in [5, 5.41) is 22.2. The maximum atomic E-state index is 6.73. The molecular weight excluding hydrogens is 613 g/mol. The van der Waals surface area contributed by atoms with Crippen molar-refractivity contribution in [1.82, 2.24) is 34.7 Å². The van der Waals surface area contributed by atoms with Gasteiger partial charge in [-0.15, -0.1) is 10.2 Å². The van der Waals surface area contributed by atoms with Crippen molar-refractivity contribution in [3.8, 4) is 33.4 Å². The zero-order valence-electron chi connectivity index (χ0n) is 22.2. The Morgan fingerprint density at radius 3 is 2.36 bits per heavy atom. The quantitative estimate of drug-likeness (QED) is 0.170. The normalized spacial score (nSPS) is 13.8. The van der Waals surface area contributed by atoms with Gasteiger partial charge in [0.25, 0.3) is 0 Å². The standard InChI is InChI=1S/C30H22Cl3N7OS/c1-41-22-9-4-19(5-10-22)30(12-13-30)29-37-36-28(42-29)26-23(15-39-17-34-16-35-39)27(18-2-6-20(31)7-3-18)40(38-26)25-11-8-21(32)14-24(25)33/h2-11,14,16-17H,12-13,15H2,1H3. The van der Waals surface area contributed by atoms with Crippen LogP contribution in [0.4, 0.5) is 0 Å². The monoisotopic (exact) mass is 633 g/mol. The minimum Gasteiger partial charge on any atom is -0.497 e. The second-order valence-electron chi connectivity index (χ2n) is 10.0. The Hall–Kier alpha value is -3.76. The van der Waals surface area contributed by atoms with Crippen LogP contribution in [0.5, 0.6) is 5.75 Å². The summed E-state index contributed by atoms with van der Waals surface area (Å²) in [6.07, 6.45) is 5.20. The zero-order valence-corrected chi connectivity index (χ0v) is 25.3. The van der Waals surface area contributed by atoms with Crippen LogP contribution in [0.25, 0.3) is 27.6 Å². The number of halogens is 3. The fraction of sp³-hybridized carbons (Fsp3) is 0.167. The van der Waals surface area contributed by atoms with Gasteiger partial charge in [0.1, 0.15) is 29.1 Å². The molecule has 0 atom stereocenters. The molecule has 0 amide bonds. The highest BCUT2D eigenvalue weighted by molar-refractivity contribution is 7.14. The van der Waals surface area contributed by atoms with E-state index in [0.29, 0.717) is 38.0 Å².